The van der Waals surface area contributed by atoms with Crippen LogP contribution >= 0.6 is 11.8 Å². The lowest BCUT2D eigenvalue weighted by atomic mass is 9.97. The Morgan fingerprint density at radius 3 is 2.71 bits per heavy atom. The normalized spacial score (nSPS) is 22.1. The zero-order chi connectivity index (χ0) is 24.6. The van der Waals surface area contributed by atoms with Crippen LogP contribution in [0.5, 0.6) is 5.88 Å². The van der Waals surface area contributed by atoms with Gasteiger partial charge in [0.1, 0.15) is 0 Å². The summed E-state index contributed by atoms with van der Waals surface area (Å²) in [6.07, 6.45) is 0.628. The first-order valence-corrected chi connectivity index (χ1v) is 12.7. The molecule has 5 rings (SSSR count). The zero-order valence-electron chi connectivity index (χ0n) is 19.8. The molecule has 1 spiro atoms. The fourth-order valence-corrected chi connectivity index (χ4v) is 6.03. The fraction of sp³-hybridized carbons (Fsp3) is 0.480. The number of pyridine rings is 1. The highest BCUT2D eigenvalue weighted by Gasteiger charge is 2.57. The van der Waals surface area contributed by atoms with Crippen LogP contribution in [0.3, 0.4) is 0 Å². The average molecular weight is 504 g/mol. The van der Waals surface area contributed by atoms with Gasteiger partial charge in [0, 0.05) is 25.5 Å². The molecule has 1 aliphatic carbocycles. The van der Waals surface area contributed by atoms with Crippen molar-refractivity contribution < 1.29 is 17.9 Å². The minimum absolute atomic E-state index is 0.244. The van der Waals surface area contributed by atoms with Gasteiger partial charge in [-0.05, 0) is 73.5 Å². The largest absolute Gasteiger partial charge is 0.480 e. The molecule has 3 heterocycles. The number of methoxy groups -OCH3 is 1. The van der Waals surface area contributed by atoms with E-state index in [2.05, 4.69) is 20.1 Å². The van der Waals surface area contributed by atoms with Crippen molar-refractivity contribution in [2.75, 3.05) is 32.5 Å². The van der Waals surface area contributed by atoms with Crippen LogP contribution in [0.4, 0.5) is 13.2 Å². The predicted molar refractivity (Wildman–Crippen MR) is 128 cm³/mol. The minimum atomic E-state index is -4.28. The van der Waals surface area contributed by atoms with E-state index in [1.165, 1.54) is 12.1 Å². The van der Waals surface area contributed by atoms with E-state index in [0.717, 1.165) is 66.8 Å². The molecule has 35 heavy (non-hydrogen) atoms. The van der Waals surface area contributed by atoms with Gasteiger partial charge >= 0.3 is 6.18 Å². The van der Waals surface area contributed by atoms with Gasteiger partial charge in [-0.2, -0.15) is 13.2 Å². The molecule has 1 aromatic carbocycles. The van der Waals surface area contributed by atoms with Crippen LogP contribution in [-0.2, 0) is 13.2 Å². The highest BCUT2D eigenvalue weighted by atomic mass is 32.2. The predicted octanol–water partition coefficient (Wildman–Crippen LogP) is 5.27. The molecule has 2 aliphatic rings. The Labute approximate surface area is 206 Å². The Morgan fingerprint density at radius 1 is 1.17 bits per heavy atom. The van der Waals surface area contributed by atoms with Crippen molar-refractivity contribution in [2.24, 2.45) is 12.5 Å². The standard InChI is InChI=1S/C25H28F3N5OS/c1-32-21(19-5-3-11-29-22(19)34-2)30-31-23(32)35-14-4-12-33-13-10-24(16-33)15-20(24)17-6-8-18(9-7-17)25(26,27)28/h3,5-9,11,20H,4,10,12-16H2,1-2H3/t20-,24?/m1/s1. The van der Waals surface area contributed by atoms with Crippen molar-refractivity contribution >= 4 is 11.8 Å². The molecular formula is C25H28F3N5OS. The Kier molecular flexibility index (Phi) is 6.52. The summed E-state index contributed by atoms with van der Waals surface area (Å²) in [6.45, 7) is 3.09. The first-order valence-electron chi connectivity index (χ1n) is 11.7. The maximum Gasteiger partial charge on any atom is 0.416 e. The van der Waals surface area contributed by atoms with E-state index in [0.29, 0.717) is 11.8 Å². The topological polar surface area (TPSA) is 56.1 Å². The van der Waals surface area contributed by atoms with Gasteiger partial charge in [0.15, 0.2) is 11.0 Å². The van der Waals surface area contributed by atoms with Crippen LogP contribution in [-0.4, -0.2) is 57.1 Å². The Morgan fingerprint density at radius 2 is 1.97 bits per heavy atom. The number of nitrogens with zero attached hydrogens (tertiary/aromatic N) is 5. The molecule has 2 aromatic heterocycles. The lowest BCUT2D eigenvalue weighted by Gasteiger charge is -2.16. The van der Waals surface area contributed by atoms with Crippen molar-refractivity contribution in [1.29, 1.82) is 0 Å². The summed E-state index contributed by atoms with van der Waals surface area (Å²) in [5, 5.41) is 9.53. The second kappa shape index (κ2) is 9.46. The second-order valence-electron chi connectivity index (χ2n) is 9.39. The van der Waals surface area contributed by atoms with E-state index < -0.39 is 11.7 Å². The number of hydrogen-bond acceptors (Lipinski definition) is 6. The molecule has 186 valence electrons. The third-order valence-electron chi connectivity index (χ3n) is 7.18. The smallest absolute Gasteiger partial charge is 0.416 e. The molecule has 2 fully saturated rings. The lowest BCUT2D eigenvalue weighted by Crippen LogP contribution is -2.23. The van der Waals surface area contributed by atoms with Crippen molar-refractivity contribution in [2.45, 2.75) is 36.5 Å². The summed E-state index contributed by atoms with van der Waals surface area (Å²) in [5.41, 5.74) is 1.52. The summed E-state index contributed by atoms with van der Waals surface area (Å²) in [6, 6.07) is 9.53. The van der Waals surface area contributed by atoms with Crippen LogP contribution in [0.2, 0.25) is 0 Å². The Bertz CT molecular complexity index is 1180. The van der Waals surface area contributed by atoms with E-state index in [-0.39, 0.29) is 5.41 Å². The van der Waals surface area contributed by atoms with E-state index in [1.807, 2.05) is 23.7 Å². The highest BCUT2D eigenvalue weighted by molar-refractivity contribution is 7.99. The van der Waals surface area contributed by atoms with Crippen molar-refractivity contribution in [3.05, 3.63) is 53.7 Å². The van der Waals surface area contributed by atoms with Crippen molar-refractivity contribution in [1.82, 2.24) is 24.6 Å². The number of thioether (sulfide) groups is 1. The van der Waals surface area contributed by atoms with Crippen molar-refractivity contribution in [3.63, 3.8) is 0 Å². The SMILES string of the molecule is COc1ncccc1-c1nnc(SCCCN2CCC3(C[C@@H]3c3ccc(C(F)(F)F)cc3)C2)n1C. The van der Waals surface area contributed by atoms with Crippen LogP contribution in [0.25, 0.3) is 11.4 Å². The number of ether oxygens (including phenoxy) is 1. The molecule has 0 radical (unpaired) electrons. The summed E-state index contributed by atoms with van der Waals surface area (Å²) in [4.78, 5) is 6.73. The van der Waals surface area contributed by atoms with Gasteiger partial charge in [-0.3, -0.25) is 0 Å². The quantitative estimate of drug-likeness (QED) is 0.309. The van der Waals surface area contributed by atoms with E-state index in [1.54, 1.807) is 37.2 Å². The molecule has 1 saturated heterocycles. The van der Waals surface area contributed by atoms with Gasteiger partial charge in [-0.25, -0.2) is 4.98 Å². The van der Waals surface area contributed by atoms with Gasteiger partial charge in [0.2, 0.25) is 5.88 Å². The summed E-state index contributed by atoms with van der Waals surface area (Å²) < 4.78 is 45.8. The van der Waals surface area contributed by atoms with Crippen LogP contribution in [0, 0.1) is 5.41 Å². The molecule has 1 aliphatic heterocycles. The van der Waals surface area contributed by atoms with E-state index in [9.17, 15) is 13.2 Å². The number of alkyl halides is 3. The summed E-state index contributed by atoms with van der Waals surface area (Å²) in [5.74, 6) is 2.56. The number of halogens is 3. The highest BCUT2D eigenvalue weighted by Crippen LogP contribution is 2.64. The fourth-order valence-electron chi connectivity index (χ4n) is 5.20. The molecule has 0 amide bonds. The molecule has 0 N–H and O–H groups in total. The number of aromatic nitrogens is 4. The first kappa shape index (κ1) is 24.1. The van der Waals surface area contributed by atoms with Crippen LogP contribution < -0.4 is 4.74 Å². The summed E-state index contributed by atoms with van der Waals surface area (Å²) in [7, 11) is 3.54. The Hall–Kier alpha value is -2.59. The minimum Gasteiger partial charge on any atom is -0.480 e. The molecule has 1 unspecified atom stereocenters. The monoisotopic (exact) mass is 503 g/mol. The molecule has 1 saturated carbocycles. The van der Waals surface area contributed by atoms with Crippen LogP contribution in [0.1, 0.15) is 36.3 Å². The summed E-state index contributed by atoms with van der Waals surface area (Å²) >= 11 is 1.69. The first-order chi connectivity index (χ1) is 16.8. The number of benzene rings is 1. The maximum absolute atomic E-state index is 12.8. The molecular weight excluding hydrogens is 475 g/mol. The molecule has 2 atom stereocenters. The van der Waals surface area contributed by atoms with Gasteiger partial charge in [-0.1, -0.05) is 23.9 Å². The van der Waals surface area contributed by atoms with Gasteiger partial charge in [-0.15, -0.1) is 10.2 Å². The zero-order valence-corrected chi connectivity index (χ0v) is 20.6. The lowest BCUT2D eigenvalue weighted by molar-refractivity contribution is -0.137. The van der Waals surface area contributed by atoms with Gasteiger partial charge < -0.3 is 14.2 Å². The molecule has 3 aromatic rings. The molecule has 0 bridgehead atoms. The second-order valence-corrected chi connectivity index (χ2v) is 10.5. The van der Waals surface area contributed by atoms with Crippen molar-refractivity contribution in [3.8, 4) is 17.3 Å². The number of hydrogen-bond donors (Lipinski definition) is 0. The van der Waals surface area contributed by atoms with Gasteiger partial charge in [0.05, 0.1) is 18.2 Å². The Balaban J connectivity index is 1.10. The third kappa shape index (κ3) is 4.91. The average Bonchev–Trinajstić information content (AvgIpc) is 3.20. The van der Waals surface area contributed by atoms with Crippen LogP contribution in [0.15, 0.2) is 47.8 Å². The molecule has 6 nitrogen and oxygen atoms in total. The third-order valence-corrected chi connectivity index (χ3v) is 8.29. The number of rotatable bonds is 8. The maximum atomic E-state index is 12.8. The van der Waals surface area contributed by atoms with Gasteiger partial charge in [0.25, 0.3) is 0 Å². The number of likely N-dealkylation sites (tertiary alicyclic amines) is 1. The van der Waals surface area contributed by atoms with E-state index in [4.69, 9.17) is 4.74 Å². The van der Waals surface area contributed by atoms with E-state index >= 15 is 0 Å². The molecule has 10 heteroatoms.